The normalized spacial score (nSPS) is 18.7. The van der Waals surface area contributed by atoms with Crippen molar-refractivity contribution in [2.24, 2.45) is 0 Å². The first-order valence-electron chi connectivity index (χ1n) is 8.02. The van der Waals surface area contributed by atoms with Crippen molar-refractivity contribution in [3.8, 4) is 5.75 Å². The van der Waals surface area contributed by atoms with Crippen molar-refractivity contribution in [2.45, 2.75) is 30.7 Å². The van der Waals surface area contributed by atoms with Crippen LogP contribution in [0.4, 0.5) is 0 Å². The van der Waals surface area contributed by atoms with Gasteiger partial charge < -0.3 is 4.74 Å². The van der Waals surface area contributed by atoms with Gasteiger partial charge >= 0.3 is 0 Å². The third-order valence-corrected chi connectivity index (χ3v) is 6.37. The highest BCUT2D eigenvalue weighted by atomic mass is 35.5. The summed E-state index contributed by atoms with van der Waals surface area (Å²) >= 11 is 5.87. The molecule has 1 fully saturated rings. The Kier molecular flexibility index (Phi) is 5.13. The van der Waals surface area contributed by atoms with E-state index in [2.05, 4.69) is 0 Å². The molecule has 6 heteroatoms. The van der Waals surface area contributed by atoms with E-state index in [1.807, 2.05) is 31.2 Å². The molecule has 0 bridgehead atoms. The van der Waals surface area contributed by atoms with Crippen LogP contribution in [0.15, 0.2) is 53.4 Å². The van der Waals surface area contributed by atoms with Gasteiger partial charge in [0.15, 0.2) is 0 Å². The molecule has 0 saturated carbocycles. The first-order chi connectivity index (χ1) is 11.5. The maximum Gasteiger partial charge on any atom is 0.243 e. The minimum absolute atomic E-state index is 0.138. The maximum absolute atomic E-state index is 13.0. The molecule has 128 valence electrons. The fourth-order valence-electron chi connectivity index (χ4n) is 3.06. The Labute approximate surface area is 148 Å². The Morgan fingerprint density at radius 2 is 1.79 bits per heavy atom. The predicted molar refractivity (Wildman–Crippen MR) is 94.9 cm³/mol. The first-order valence-corrected chi connectivity index (χ1v) is 9.84. The number of halogens is 1. The molecular weight excluding hydrogens is 346 g/mol. The molecule has 2 aromatic carbocycles. The van der Waals surface area contributed by atoms with Crippen LogP contribution >= 0.6 is 11.6 Å². The number of sulfonamides is 1. The van der Waals surface area contributed by atoms with Crippen LogP contribution in [-0.2, 0) is 10.0 Å². The van der Waals surface area contributed by atoms with Gasteiger partial charge in [0.2, 0.25) is 10.0 Å². The number of nitrogens with zero attached hydrogens (tertiary/aromatic N) is 1. The summed E-state index contributed by atoms with van der Waals surface area (Å²) in [5.41, 5.74) is 0.994. The smallest absolute Gasteiger partial charge is 0.243 e. The molecule has 0 aromatic heterocycles. The second-order valence-electron chi connectivity index (χ2n) is 5.73. The average Bonchev–Trinajstić information content (AvgIpc) is 3.07. The molecule has 2 aromatic rings. The van der Waals surface area contributed by atoms with Crippen molar-refractivity contribution >= 4 is 21.6 Å². The fourth-order valence-corrected chi connectivity index (χ4v) is 4.86. The van der Waals surface area contributed by atoms with Crippen molar-refractivity contribution in [2.75, 3.05) is 13.2 Å². The zero-order valence-electron chi connectivity index (χ0n) is 13.5. The summed E-state index contributed by atoms with van der Waals surface area (Å²) in [7, 11) is -3.53. The molecule has 1 saturated heterocycles. The predicted octanol–water partition coefficient (Wildman–Crippen LogP) is 4.26. The zero-order valence-corrected chi connectivity index (χ0v) is 15.1. The van der Waals surface area contributed by atoms with E-state index in [1.54, 1.807) is 28.6 Å². The molecule has 0 radical (unpaired) electrons. The minimum atomic E-state index is -3.53. The van der Waals surface area contributed by atoms with Gasteiger partial charge in [-0.05, 0) is 61.7 Å². The van der Waals surface area contributed by atoms with Crippen LogP contribution < -0.4 is 4.74 Å². The summed E-state index contributed by atoms with van der Waals surface area (Å²) in [6.07, 6.45) is 1.67. The van der Waals surface area contributed by atoms with Crippen LogP contribution in [0.2, 0.25) is 5.02 Å². The van der Waals surface area contributed by atoms with E-state index in [-0.39, 0.29) is 10.9 Å². The van der Waals surface area contributed by atoms with Gasteiger partial charge in [-0.1, -0.05) is 23.7 Å². The third-order valence-electron chi connectivity index (χ3n) is 4.20. The number of rotatable bonds is 5. The second kappa shape index (κ2) is 7.13. The molecule has 1 unspecified atom stereocenters. The molecule has 0 amide bonds. The van der Waals surface area contributed by atoms with Crippen molar-refractivity contribution in [1.29, 1.82) is 0 Å². The number of ether oxygens (including phenoxy) is 1. The van der Waals surface area contributed by atoms with Gasteiger partial charge in [-0.25, -0.2) is 8.42 Å². The summed E-state index contributed by atoms with van der Waals surface area (Å²) in [4.78, 5) is 0.282. The summed E-state index contributed by atoms with van der Waals surface area (Å²) in [6, 6.07) is 13.9. The fraction of sp³-hybridized carbons (Fsp3) is 0.333. The Morgan fingerprint density at radius 1 is 1.12 bits per heavy atom. The highest BCUT2D eigenvalue weighted by Crippen LogP contribution is 2.37. The van der Waals surface area contributed by atoms with Gasteiger partial charge in [0.25, 0.3) is 0 Å². The Bertz CT molecular complexity index is 788. The van der Waals surface area contributed by atoms with Gasteiger partial charge in [0, 0.05) is 11.6 Å². The molecule has 1 aliphatic heterocycles. The van der Waals surface area contributed by atoms with Crippen molar-refractivity contribution < 1.29 is 13.2 Å². The van der Waals surface area contributed by atoms with Crippen LogP contribution in [-0.4, -0.2) is 25.9 Å². The third kappa shape index (κ3) is 3.43. The van der Waals surface area contributed by atoms with Crippen LogP contribution in [0, 0.1) is 0 Å². The van der Waals surface area contributed by atoms with Crippen LogP contribution in [0.25, 0.3) is 0 Å². The van der Waals surface area contributed by atoms with E-state index in [0.717, 1.165) is 24.2 Å². The van der Waals surface area contributed by atoms with E-state index < -0.39 is 10.0 Å². The second-order valence-corrected chi connectivity index (χ2v) is 8.06. The summed E-state index contributed by atoms with van der Waals surface area (Å²) in [5.74, 6) is 0.798. The van der Waals surface area contributed by atoms with E-state index >= 15 is 0 Å². The molecule has 0 spiro atoms. The van der Waals surface area contributed by atoms with Gasteiger partial charge in [-0.3, -0.25) is 0 Å². The van der Waals surface area contributed by atoms with E-state index in [1.165, 1.54) is 0 Å². The average molecular weight is 366 g/mol. The van der Waals surface area contributed by atoms with Crippen LogP contribution in [0.3, 0.4) is 0 Å². The van der Waals surface area contributed by atoms with E-state index in [9.17, 15) is 8.42 Å². The summed E-state index contributed by atoms with van der Waals surface area (Å²) in [6.45, 7) is 3.08. The highest BCUT2D eigenvalue weighted by Gasteiger charge is 2.36. The van der Waals surface area contributed by atoms with Gasteiger partial charge in [-0.2, -0.15) is 4.31 Å². The molecule has 3 rings (SSSR count). The number of hydrogen-bond acceptors (Lipinski definition) is 3. The van der Waals surface area contributed by atoms with Gasteiger partial charge in [0.05, 0.1) is 17.5 Å². The lowest BCUT2D eigenvalue weighted by Gasteiger charge is -2.24. The molecule has 1 heterocycles. The summed E-state index contributed by atoms with van der Waals surface area (Å²) in [5, 5.41) is 0.526. The minimum Gasteiger partial charge on any atom is -0.494 e. The number of benzene rings is 2. The highest BCUT2D eigenvalue weighted by molar-refractivity contribution is 7.89. The molecular formula is C18H20ClNO3S. The van der Waals surface area contributed by atoms with Crippen molar-refractivity contribution in [3.63, 3.8) is 0 Å². The topological polar surface area (TPSA) is 46.6 Å². The Hall–Kier alpha value is -1.56. The van der Waals surface area contributed by atoms with Crippen LogP contribution in [0.5, 0.6) is 5.75 Å². The number of hydrogen-bond donors (Lipinski definition) is 0. The zero-order chi connectivity index (χ0) is 17.2. The Morgan fingerprint density at radius 3 is 2.42 bits per heavy atom. The maximum atomic E-state index is 13.0. The molecule has 24 heavy (non-hydrogen) atoms. The van der Waals surface area contributed by atoms with Crippen molar-refractivity contribution in [1.82, 2.24) is 4.31 Å². The van der Waals surface area contributed by atoms with Crippen LogP contribution in [0.1, 0.15) is 31.4 Å². The van der Waals surface area contributed by atoms with Gasteiger partial charge in [0.1, 0.15) is 5.75 Å². The molecule has 1 atom stereocenters. The van der Waals surface area contributed by atoms with Gasteiger partial charge in [-0.15, -0.1) is 0 Å². The largest absolute Gasteiger partial charge is 0.494 e. The standard InChI is InChI=1S/C18H20ClNO3S/c1-2-23-16-9-5-14(6-10-16)18-4-3-13-20(18)24(21,22)17-11-7-15(19)8-12-17/h5-12,18H,2-4,13H2,1H3. The lowest BCUT2D eigenvalue weighted by molar-refractivity contribution is 0.339. The molecule has 0 aliphatic carbocycles. The van der Waals surface area contributed by atoms with E-state index in [4.69, 9.17) is 16.3 Å². The Balaban J connectivity index is 1.88. The van der Waals surface area contributed by atoms with Crippen molar-refractivity contribution in [3.05, 3.63) is 59.1 Å². The molecule has 4 nitrogen and oxygen atoms in total. The molecule has 1 aliphatic rings. The lowest BCUT2D eigenvalue weighted by Crippen LogP contribution is -2.30. The quantitative estimate of drug-likeness (QED) is 0.795. The lowest BCUT2D eigenvalue weighted by atomic mass is 10.1. The monoisotopic (exact) mass is 365 g/mol. The molecule has 0 N–H and O–H groups in total. The SMILES string of the molecule is CCOc1ccc(C2CCCN2S(=O)(=O)c2ccc(Cl)cc2)cc1. The summed E-state index contributed by atoms with van der Waals surface area (Å²) < 4.78 is 33.0. The van der Waals surface area contributed by atoms with E-state index in [0.29, 0.717) is 18.2 Å². The first kappa shape index (κ1) is 17.3.